The second-order valence-electron chi connectivity index (χ2n) is 9.11. The number of hydrogen-bond donors (Lipinski definition) is 1. The molecule has 4 nitrogen and oxygen atoms in total. The summed E-state index contributed by atoms with van der Waals surface area (Å²) >= 11 is 1.66. The predicted molar refractivity (Wildman–Crippen MR) is 159 cm³/mol. The molecule has 0 fully saturated rings. The van der Waals surface area contributed by atoms with Gasteiger partial charge in [-0.15, -0.1) is 11.3 Å². The first kappa shape index (κ1) is 22.3. The van der Waals surface area contributed by atoms with Crippen molar-refractivity contribution in [3.8, 4) is 21.7 Å². The van der Waals surface area contributed by atoms with E-state index in [0.29, 0.717) is 0 Å². The number of fused-ring (bicyclic) bond motifs is 4. The molecule has 2 heterocycles. The molecule has 0 saturated carbocycles. The van der Waals surface area contributed by atoms with Gasteiger partial charge in [-0.1, -0.05) is 97.1 Å². The van der Waals surface area contributed by atoms with Crippen LogP contribution in [0.25, 0.3) is 53.9 Å². The SMILES string of the molecule is N=C(N=Cc1ccc(-c2ccccc2)cc1)c1ccc(-c2nc3cc4oc5ccccc5c4cc3s2)cc1. The van der Waals surface area contributed by atoms with Crippen LogP contribution in [0, 0.1) is 5.41 Å². The molecule has 0 radical (unpaired) electrons. The first-order valence-electron chi connectivity index (χ1n) is 12.3. The van der Waals surface area contributed by atoms with E-state index in [0.717, 1.165) is 59.4 Å². The van der Waals surface area contributed by atoms with Crippen LogP contribution in [-0.4, -0.2) is 17.0 Å². The van der Waals surface area contributed by atoms with Crippen molar-refractivity contribution in [1.82, 2.24) is 4.98 Å². The van der Waals surface area contributed by atoms with Crippen LogP contribution in [0.4, 0.5) is 0 Å². The number of para-hydroxylation sites is 1. The van der Waals surface area contributed by atoms with Crippen molar-refractivity contribution in [2.75, 3.05) is 0 Å². The van der Waals surface area contributed by atoms with Gasteiger partial charge in [-0.2, -0.15) is 0 Å². The lowest BCUT2D eigenvalue weighted by molar-refractivity contribution is 0.669. The molecule has 0 spiro atoms. The molecule has 0 saturated heterocycles. The number of thiazole rings is 1. The molecule has 0 aliphatic heterocycles. The number of rotatable bonds is 4. The van der Waals surface area contributed by atoms with Gasteiger partial charge < -0.3 is 4.42 Å². The second-order valence-corrected chi connectivity index (χ2v) is 10.1. The standard InChI is InChI=1S/C33H21N3OS/c34-32(35-20-21-10-12-23(13-11-21)22-6-2-1-3-7-22)24-14-16-25(17-15-24)33-36-28-19-30-27(18-31(28)38-33)26-8-4-5-9-29(26)37-30/h1-20,34H. The highest BCUT2D eigenvalue weighted by molar-refractivity contribution is 7.21. The van der Waals surface area contributed by atoms with Crippen LogP contribution in [0.5, 0.6) is 0 Å². The van der Waals surface area contributed by atoms with Crippen LogP contribution < -0.4 is 0 Å². The van der Waals surface area contributed by atoms with Gasteiger partial charge in [-0.25, -0.2) is 9.98 Å². The second kappa shape index (κ2) is 9.21. The van der Waals surface area contributed by atoms with Gasteiger partial charge in [0, 0.05) is 34.2 Å². The molecule has 0 unspecified atom stereocenters. The Kier molecular flexibility index (Phi) is 5.42. The normalized spacial score (nSPS) is 11.7. The Bertz CT molecular complexity index is 1970. The van der Waals surface area contributed by atoms with Crippen LogP contribution in [0.2, 0.25) is 0 Å². The van der Waals surface area contributed by atoms with Crippen molar-refractivity contribution >= 4 is 55.5 Å². The topological polar surface area (TPSA) is 62.2 Å². The Labute approximate surface area is 223 Å². The zero-order valence-corrected chi connectivity index (χ0v) is 21.1. The molecule has 7 rings (SSSR count). The molecule has 180 valence electrons. The van der Waals surface area contributed by atoms with Crippen LogP contribution in [-0.2, 0) is 0 Å². The van der Waals surface area contributed by atoms with E-state index in [2.05, 4.69) is 41.4 Å². The van der Waals surface area contributed by atoms with E-state index in [-0.39, 0.29) is 5.84 Å². The van der Waals surface area contributed by atoms with Crippen molar-refractivity contribution in [2.24, 2.45) is 4.99 Å². The Morgan fingerprint density at radius 2 is 1.42 bits per heavy atom. The van der Waals surface area contributed by atoms with Crippen molar-refractivity contribution in [3.05, 3.63) is 126 Å². The molecule has 0 aliphatic carbocycles. The van der Waals surface area contributed by atoms with Crippen molar-refractivity contribution < 1.29 is 4.42 Å². The number of nitrogens with one attached hydrogen (secondary N) is 1. The summed E-state index contributed by atoms with van der Waals surface area (Å²) in [5.41, 5.74) is 7.75. The Balaban J connectivity index is 1.10. The largest absolute Gasteiger partial charge is 0.456 e. The van der Waals surface area contributed by atoms with Gasteiger partial charge in [-0.05, 0) is 28.8 Å². The van der Waals surface area contributed by atoms with Crippen LogP contribution >= 0.6 is 11.3 Å². The highest BCUT2D eigenvalue weighted by atomic mass is 32.1. The van der Waals surface area contributed by atoms with Crippen LogP contribution in [0.1, 0.15) is 11.1 Å². The molecule has 0 aliphatic rings. The molecular weight excluding hydrogens is 486 g/mol. The molecule has 1 N–H and O–H groups in total. The number of benzene rings is 5. The summed E-state index contributed by atoms with van der Waals surface area (Å²) in [6, 6.07) is 38.6. The highest BCUT2D eigenvalue weighted by Crippen LogP contribution is 2.36. The van der Waals surface area contributed by atoms with Gasteiger partial charge in [0.25, 0.3) is 0 Å². The third-order valence-corrected chi connectivity index (χ3v) is 7.72. The smallest absolute Gasteiger partial charge is 0.151 e. The maximum atomic E-state index is 8.43. The van der Waals surface area contributed by atoms with E-state index in [1.807, 2.05) is 78.9 Å². The summed E-state index contributed by atoms with van der Waals surface area (Å²) in [7, 11) is 0. The summed E-state index contributed by atoms with van der Waals surface area (Å²) in [5, 5.41) is 11.6. The van der Waals surface area contributed by atoms with E-state index in [9.17, 15) is 0 Å². The molecule has 0 amide bonds. The fourth-order valence-corrected chi connectivity index (χ4v) is 5.64. The van der Waals surface area contributed by atoms with Crippen LogP contribution in [0.3, 0.4) is 0 Å². The molecule has 38 heavy (non-hydrogen) atoms. The number of aromatic nitrogens is 1. The average molecular weight is 508 g/mol. The molecule has 7 aromatic rings. The van der Waals surface area contributed by atoms with Crippen molar-refractivity contribution in [2.45, 2.75) is 0 Å². The quantitative estimate of drug-likeness (QED) is 0.191. The molecular formula is C33H21N3OS. The maximum Gasteiger partial charge on any atom is 0.151 e. The lowest BCUT2D eigenvalue weighted by Gasteiger charge is -2.02. The number of aliphatic imine (C=N–C) groups is 1. The monoisotopic (exact) mass is 507 g/mol. The first-order valence-corrected chi connectivity index (χ1v) is 13.1. The summed E-state index contributed by atoms with van der Waals surface area (Å²) < 4.78 is 7.15. The van der Waals surface area contributed by atoms with Crippen molar-refractivity contribution in [3.63, 3.8) is 0 Å². The number of hydrogen-bond acceptors (Lipinski definition) is 4. The van der Waals surface area contributed by atoms with E-state index in [1.54, 1.807) is 17.6 Å². The zero-order chi connectivity index (χ0) is 25.5. The van der Waals surface area contributed by atoms with Gasteiger partial charge in [0.15, 0.2) is 5.84 Å². The van der Waals surface area contributed by atoms with Gasteiger partial charge >= 0.3 is 0 Å². The lowest BCUT2D eigenvalue weighted by atomic mass is 10.0. The zero-order valence-electron chi connectivity index (χ0n) is 20.3. The third-order valence-electron chi connectivity index (χ3n) is 6.65. The molecule has 5 aromatic carbocycles. The van der Waals surface area contributed by atoms with Gasteiger partial charge in [0.2, 0.25) is 0 Å². The van der Waals surface area contributed by atoms with E-state index < -0.39 is 0 Å². The fourth-order valence-electron chi connectivity index (χ4n) is 4.65. The Hall–Kier alpha value is -4.87. The van der Waals surface area contributed by atoms with E-state index in [4.69, 9.17) is 14.8 Å². The molecule has 0 atom stereocenters. The van der Waals surface area contributed by atoms with Gasteiger partial charge in [-0.3, -0.25) is 5.41 Å². The summed E-state index contributed by atoms with van der Waals surface area (Å²) in [4.78, 5) is 9.25. The number of amidine groups is 1. The molecule has 0 bridgehead atoms. The first-order chi connectivity index (χ1) is 18.7. The Morgan fingerprint density at radius 1 is 0.711 bits per heavy atom. The predicted octanol–water partition coefficient (Wildman–Crippen LogP) is 8.97. The van der Waals surface area contributed by atoms with Gasteiger partial charge in [0.05, 0.1) is 10.2 Å². The lowest BCUT2D eigenvalue weighted by Crippen LogP contribution is -1.96. The summed E-state index contributed by atoms with van der Waals surface area (Å²) in [6.45, 7) is 0. The van der Waals surface area contributed by atoms with Crippen LogP contribution in [0.15, 0.2) is 125 Å². The van der Waals surface area contributed by atoms with E-state index >= 15 is 0 Å². The summed E-state index contributed by atoms with van der Waals surface area (Å²) in [5.74, 6) is 0.222. The minimum absolute atomic E-state index is 0.222. The fraction of sp³-hybridized carbons (Fsp3) is 0. The third kappa shape index (κ3) is 4.09. The molecule has 2 aromatic heterocycles. The minimum atomic E-state index is 0.222. The average Bonchev–Trinajstić information content (AvgIpc) is 3.56. The Morgan fingerprint density at radius 3 is 2.24 bits per heavy atom. The minimum Gasteiger partial charge on any atom is -0.456 e. The summed E-state index contributed by atoms with van der Waals surface area (Å²) in [6.07, 6.45) is 1.73. The van der Waals surface area contributed by atoms with Gasteiger partial charge in [0.1, 0.15) is 16.2 Å². The molecule has 5 heteroatoms. The highest BCUT2D eigenvalue weighted by Gasteiger charge is 2.12. The van der Waals surface area contributed by atoms with Crippen molar-refractivity contribution in [1.29, 1.82) is 5.41 Å². The van der Waals surface area contributed by atoms with E-state index in [1.165, 1.54) is 5.56 Å². The maximum absolute atomic E-state index is 8.43. The number of nitrogens with zero attached hydrogens (tertiary/aromatic N) is 2. The number of furan rings is 1.